The van der Waals surface area contributed by atoms with Gasteiger partial charge in [0.25, 0.3) is 5.91 Å². The fourth-order valence-electron chi connectivity index (χ4n) is 5.00. The third-order valence-corrected chi connectivity index (χ3v) is 11.4. The molecule has 4 aromatic carbocycles. The SMILES string of the molecule is Cc1ccc(S(=O)(=O)N(CCc2ccccc2)CC(=O)N/N=C\c2ccc(CN(Cc3ccccc3)S(=O)(=O)c3ccc(C)cc3)o2)cc1. The van der Waals surface area contributed by atoms with Gasteiger partial charge in [0.2, 0.25) is 20.0 Å². The summed E-state index contributed by atoms with van der Waals surface area (Å²) in [7, 11) is -7.85. The number of furan rings is 1. The molecule has 0 saturated heterocycles. The molecule has 0 aliphatic carbocycles. The van der Waals surface area contributed by atoms with Crippen LogP contribution in [0, 0.1) is 13.8 Å². The van der Waals surface area contributed by atoms with E-state index in [0.29, 0.717) is 12.2 Å². The summed E-state index contributed by atoms with van der Waals surface area (Å²) in [5.74, 6) is 0.0107. The highest BCUT2D eigenvalue weighted by molar-refractivity contribution is 7.89. The highest BCUT2D eigenvalue weighted by Gasteiger charge is 2.27. The van der Waals surface area contributed by atoms with Crippen molar-refractivity contribution in [2.24, 2.45) is 5.10 Å². The van der Waals surface area contributed by atoms with Crippen LogP contribution in [0.3, 0.4) is 0 Å². The van der Waals surface area contributed by atoms with Crippen LogP contribution in [0.25, 0.3) is 0 Å². The first kappa shape index (κ1) is 35.4. The number of amides is 1. The van der Waals surface area contributed by atoms with Gasteiger partial charge < -0.3 is 4.42 Å². The van der Waals surface area contributed by atoms with Gasteiger partial charge in [-0.25, -0.2) is 22.3 Å². The predicted octanol–water partition coefficient (Wildman–Crippen LogP) is 5.67. The van der Waals surface area contributed by atoms with Crippen molar-refractivity contribution in [2.75, 3.05) is 13.1 Å². The Labute approximate surface area is 287 Å². The lowest BCUT2D eigenvalue weighted by Crippen LogP contribution is -2.40. The van der Waals surface area contributed by atoms with Crippen LogP contribution in [-0.4, -0.2) is 50.7 Å². The lowest BCUT2D eigenvalue weighted by atomic mass is 10.1. The molecule has 0 spiro atoms. The smallest absolute Gasteiger partial charge is 0.255 e. The molecule has 0 atom stereocenters. The van der Waals surface area contributed by atoms with Crippen molar-refractivity contribution in [3.63, 3.8) is 0 Å². The van der Waals surface area contributed by atoms with Gasteiger partial charge in [0, 0.05) is 13.1 Å². The molecule has 10 nitrogen and oxygen atoms in total. The average Bonchev–Trinajstić information content (AvgIpc) is 3.54. The molecular formula is C37H38N4O6S2. The van der Waals surface area contributed by atoms with Crippen molar-refractivity contribution in [1.29, 1.82) is 0 Å². The van der Waals surface area contributed by atoms with Crippen LogP contribution in [0.15, 0.2) is 141 Å². The van der Waals surface area contributed by atoms with Crippen molar-refractivity contribution < 1.29 is 26.0 Å². The van der Waals surface area contributed by atoms with Crippen LogP contribution < -0.4 is 5.43 Å². The number of nitrogens with zero attached hydrogens (tertiary/aromatic N) is 3. The number of aryl methyl sites for hydroxylation is 2. The maximum atomic E-state index is 13.7. The van der Waals surface area contributed by atoms with E-state index >= 15 is 0 Å². The van der Waals surface area contributed by atoms with Crippen molar-refractivity contribution >= 4 is 32.2 Å². The Kier molecular flexibility index (Phi) is 11.6. The van der Waals surface area contributed by atoms with Gasteiger partial charge in [-0.2, -0.15) is 13.7 Å². The summed E-state index contributed by atoms with van der Waals surface area (Å²) in [6.45, 7) is 3.48. The Morgan fingerprint density at radius 3 is 1.78 bits per heavy atom. The van der Waals surface area contributed by atoms with E-state index in [9.17, 15) is 21.6 Å². The van der Waals surface area contributed by atoms with E-state index in [4.69, 9.17) is 4.42 Å². The quantitative estimate of drug-likeness (QED) is 0.111. The van der Waals surface area contributed by atoms with Gasteiger partial charge in [0.05, 0.1) is 29.1 Å². The number of rotatable bonds is 15. The summed E-state index contributed by atoms with van der Waals surface area (Å²) in [6, 6.07) is 35.1. The second-order valence-electron chi connectivity index (χ2n) is 11.6. The van der Waals surface area contributed by atoms with E-state index in [1.165, 1.54) is 22.7 Å². The van der Waals surface area contributed by atoms with E-state index in [-0.39, 0.29) is 35.2 Å². The minimum atomic E-state index is -3.98. The molecule has 1 heterocycles. The fourth-order valence-corrected chi connectivity index (χ4v) is 7.79. The Balaban J connectivity index is 1.26. The summed E-state index contributed by atoms with van der Waals surface area (Å²) in [4.78, 5) is 13.2. The van der Waals surface area contributed by atoms with Crippen LogP contribution in [0.4, 0.5) is 0 Å². The second-order valence-corrected chi connectivity index (χ2v) is 15.4. The minimum absolute atomic E-state index is 0.0431. The molecule has 0 unspecified atom stereocenters. The number of carbonyl (C=O) groups excluding carboxylic acids is 1. The highest BCUT2D eigenvalue weighted by Crippen LogP contribution is 2.23. The van der Waals surface area contributed by atoms with Crippen molar-refractivity contribution in [3.05, 3.63) is 155 Å². The first-order valence-corrected chi connectivity index (χ1v) is 18.5. The molecule has 5 rings (SSSR count). The molecule has 1 amide bonds. The second kappa shape index (κ2) is 16.0. The van der Waals surface area contributed by atoms with E-state index in [2.05, 4.69) is 10.5 Å². The number of carbonyl (C=O) groups is 1. The Bertz CT molecular complexity index is 2080. The number of sulfonamides is 2. The van der Waals surface area contributed by atoms with E-state index in [1.807, 2.05) is 74.5 Å². The number of hydrogen-bond acceptors (Lipinski definition) is 7. The maximum Gasteiger partial charge on any atom is 0.255 e. The molecule has 0 saturated carbocycles. The number of hydrogen-bond donors (Lipinski definition) is 1. The summed E-state index contributed by atoms with van der Waals surface area (Å²) < 4.78 is 62.7. The molecule has 0 radical (unpaired) electrons. The monoisotopic (exact) mass is 698 g/mol. The van der Waals surface area contributed by atoms with Crippen LogP contribution in [0.1, 0.15) is 33.8 Å². The Morgan fingerprint density at radius 1 is 0.673 bits per heavy atom. The van der Waals surface area contributed by atoms with Crippen LogP contribution in [-0.2, 0) is 44.4 Å². The summed E-state index contributed by atoms with van der Waals surface area (Å²) in [5.41, 5.74) is 6.00. The molecule has 1 aromatic heterocycles. The summed E-state index contributed by atoms with van der Waals surface area (Å²) >= 11 is 0. The van der Waals surface area contributed by atoms with Crippen LogP contribution in [0.2, 0.25) is 0 Å². The fraction of sp³-hybridized carbons (Fsp3) is 0.189. The van der Waals surface area contributed by atoms with Gasteiger partial charge in [0.1, 0.15) is 11.5 Å². The minimum Gasteiger partial charge on any atom is -0.459 e. The topological polar surface area (TPSA) is 129 Å². The van der Waals surface area contributed by atoms with Crippen molar-refractivity contribution in [3.8, 4) is 0 Å². The normalized spacial score (nSPS) is 12.2. The largest absolute Gasteiger partial charge is 0.459 e. The molecule has 0 bridgehead atoms. The Hall–Kier alpha value is -4.88. The molecule has 12 heteroatoms. The van der Waals surface area contributed by atoms with Gasteiger partial charge >= 0.3 is 0 Å². The summed E-state index contributed by atoms with van der Waals surface area (Å²) in [6.07, 6.45) is 1.69. The van der Waals surface area contributed by atoms with Gasteiger partial charge in [-0.3, -0.25) is 4.79 Å². The van der Waals surface area contributed by atoms with Crippen LogP contribution >= 0.6 is 0 Å². The molecule has 254 valence electrons. The maximum absolute atomic E-state index is 13.7. The standard InChI is InChI=1S/C37H38N4O6S2/c1-29-13-19-35(20-14-29)48(43,44)40(24-23-31-9-5-3-6-10-31)28-37(42)39-38-25-33-17-18-34(47-33)27-41(26-32-11-7-4-8-12-32)49(45,46)36-21-15-30(2)16-22-36/h3-22,25H,23-24,26-28H2,1-2H3,(H,39,42)/b38-25-. The van der Waals surface area contributed by atoms with E-state index in [1.54, 1.807) is 48.5 Å². The Morgan fingerprint density at radius 2 is 1.20 bits per heavy atom. The molecule has 1 N–H and O–H groups in total. The molecule has 49 heavy (non-hydrogen) atoms. The zero-order chi connectivity index (χ0) is 34.9. The van der Waals surface area contributed by atoms with E-state index in [0.717, 1.165) is 26.6 Å². The van der Waals surface area contributed by atoms with Gasteiger partial charge in [-0.15, -0.1) is 0 Å². The number of hydrazone groups is 1. The lowest BCUT2D eigenvalue weighted by Gasteiger charge is -2.21. The van der Waals surface area contributed by atoms with Gasteiger partial charge in [-0.1, -0.05) is 96.1 Å². The van der Waals surface area contributed by atoms with Crippen molar-refractivity contribution in [1.82, 2.24) is 14.0 Å². The number of benzene rings is 4. The third-order valence-electron chi connectivity index (χ3n) is 7.73. The zero-order valence-corrected chi connectivity index (χ0v) is 28.9. The predicted molar refractivity (Wildman–Crippen MR) is 189 cm³/mol. The molecule has 0 aliphatic rings. The van der Waals surface area contributed by atoms with Crippen LogP contribution in [0.5, 0.6) is 0 Å². The highest BCUT2D eigenvalue weighted by atomic mass is 32.2. The average molecular weight is 699 g/mol. The number of nitrogens with one attached hydrogen (secondary N) is 1. The molecule has 0 aliphatic heterocycles. The van der Waals surface area contributed by atoms with E-state index < -0.39 is 32.5 Å². The first-order valence-electron chi connectivity index (χ1n) is 15.6. The van der Waals surface area contributed by atoms with Gasteiger partial charge in [-0.05, 0) is 67.8 Å². The third kappa shape index (κ3) is 9.61. The summed E-state index contributed by atoms with van der Waals surface area (Å²) in [5, 5.41) is 3.97. The lowest BCUT2D eigenvalue weighted by molar-refractivity contribution is -0.121. The zero-order valence-electron chi connectivity index (χ0n) is 27.3. The van der Waals surface area contributed by atoms with Gasteiger partial charge in [0.15, 0.2) is 0 Å². The first-order chi connectivity index (χ1) is 23.5. The molecular weight excluding hydrogens is 661 g/mol. The molecule has 0 fully saturated rings. The molecule has 5 aromatic rings. The van der Waals surface area contributed by atoms with Crippen molar-refractivity contribution in [2.45, 2.75) is 43.1 Å².